The van der Waals surface area contributed by atoms with Gasteiger partial charge in [0.1, 0.15) is 23.8 Å². The number of non-ortho nitro benzene ring substituents is 1. The van der Waals surface area contributed by atoms with Gasteiger partial charge >= 0.3 is 0 Å². The van der Waals surface area contributed by atoms with Crippen LogP contribution in [0.3, 0.4) is 0 Å². The molecule has 4 rings (SSSR count). The van der Waals surface area contributed by atoms with Crippen molar-refractivity contribution in [1.82, 2.24) is 19.7 Å². The number of aromatic nitrogens is 4. The Morgan fingerprint density at radius 1 is 1.38 bits per heavy atom. The molecule has 11 heteroatoms. The summed E-state index contributed by atoms with van der Waals surface area (Å²) in [5.74, 6) is 0.167. The molecule has 1 aromatic carbocycles. The van der Waals surface area contributed by atoms with Crippen molar-refractivity contribution >= 4 is 22.5 Å². The highest BCUT2D eigenvalue weighted by Crippen LogP contribution is 2.27. The van der Waals surface area contributed by atoms with Crippen molar-refractivity contribution in [3.63, 3.8) is 0 Å². The number of nitriles is 1. The van der Waals surface area contributed by atoms with Gasteiger partial charge < -0.3 is 10.6 Å². The molecule has 0 amide bonds. The largest absolute Gasteiger partial charge is 0.385 e. The molecule has 3 aromatic rings. The third kappa shape index (κ3) is 3.23. The molecule has 0 radical (unpaired) electrons. The van der Waals surface area contributed by atoms with Crippen LogP contribution in [-0.4, -0.2) is 31.2 Å². The van der Waals surface area contributed by atoms with Crippen LogP contribution in [0.15, 0.2) is 54.3 Å². The lowest BCUT2D eigenvalue weighted by Gasteiger charge is -2.25. The van der Waals surface area contributed by atoms with Crippen molar-refractivity contribution in [3.05, 3.63) is 75.8 Å². The van der Waals surface area contributed by atoms with Crippen molar-refractivity contribution in [2.45, 2.75) is 6.54 Å². The van der Waals surface area contributed by atoms with E-state index in [1.54, 1.807) is 23.2 Å². The van der Waals surface area contributed by atoms with Crippen LogP contribution in [-0.2, 0) is 6.54 Å². The second-order valence-electron chi connectivity index (χ2n) is 6.22. The fraction of sp³-hybridized carbons (Fsp3) is 0.111. The zero-order chi connectivity index (χ0) is 20.5. The fourth-order valence-electron chi connectivity index (χ4n) is 3.03. The maximum atomic E-state index is 14.3. The Morgan fingerprint density at radius 2 is 2.21 bits per heavy atom. The van der Waals surface area contributed by atoms with Crippen molar-refractivity contribution in [3.8, 4) is 6.07 Å². The second kappa shape index (κ2) is 7.01. The summed E-state index contributed by atoms with van der Waals surface area (Å²) in [5.41, 5.74) is 6.89. The highest BCUT2D eigenvalue weighted by molar-refractivity contribution is 5.87. The van der Waals surface area contributed by atoms with Crippen LogP contribution in [0.2, 0.25) is 0 Å². The molecule has 2 aromatic heterocycles. The van der Waals surface area contributed by atoms with E-state index >= 15 is 0 Å². The van der Waals surface area contributed by atoms with Gasteiger partial charge in [-0.15, -0.1) is 0 Å². The monoisotopic (exact) mass is 392 g/mol. The minimum atomic E-state index is -0.700. The van der Waals surface area contributed by atoms with Crippen LogP contribution in [0.1, 0.15) is 5.56 Å². The van der Waals surface area contributed by atoms with Crippen molar-refractivity contribution in [2.75, 3.05) is 11.4 Å². The molecule has 0 bridgehead atoms. The van der Waals surface area contributed by atoms with Crippen molar-refractivity contribution in [1.29, 1.82) is 5.26 Å². The van der Waals surface area contributed by atoms with Gasteiger partial charge in [-0.2, -0.15) is 10.4 Å². The van der Waals surface area contributed by atoms with Gasteiger partial charge in [0, 0.05) is 18.2 Å². The molecule has 1 aliphatic rings. The first-order valence-corrected chi connectivity index (χ1v) is 8.42. The van der Waals surface area contributed by atoms with E-state index in [2.05, 4.69) is 15.1 Å². The molecule has 10 nitrogen and oxygen atoms in total. The molecule has 0 saturated carbocycles. The van der Waals surface area contributed by atoms with Gasteiger partial charge in [0.15, 0.2) is 5.65 Å². The third-order valence-electron chi connectivity index (χ3n) is 4.47. The van der Waals surface area contributed by atoms with Gasteiger partial charge in [-0.1, -0.05) is 0 Å². The number of nitro groups is 1. The molecule has 0 fully saturated rings. The SMILES string of the molecule is N#CC1=CCN(c2ncnc3c2cnn3Cc2ccc([N+](=O)[O-])cc2F)C(N)=C1. The normalized spacial score (nSPS) is 13.7. The lowest BCUT2D eigenvalue weighted by Crippen LogP contribution is -2.31. The van der Waals surface area contributed by atoms with Gasteiger partial charge in [0.25, 0.3) is 5.69 Å². The van der Waals surface area contributed by atoms with Crippen LogP contribution in [0.5, 0.6) is 0 Å². The predicted molar refractivity (Wildman–Crippen MR) is 101 cm³/mol. The summed E-state index contributed by atoms with van der Waals surface area (Å²) >= 11 is 0. The summed E-state index contributed by atoms with van der Waals surface area (Å²) in [6, 6.07) is 5.51. The maximum absolute atomic E-state index is 14.3. The molecular weight excluding hydrogens is 379 g/mol. The highest BCUT2D eigenvalue weighted by Gasteiger charge is 2.20. The van der Waals surface area contributed by atoms with Crippen LogP contribution in [0.25, 0.3) is 11.0 Å². The van der Waals surface area contributed by atoms with Crippen LogP contribution in [0, 0.1) is 27.3 Å². The minimum Gasteiger partial charge on any atom is -0.385 e. The van der Waals surface area contributed by atoms with Gasteiger partial charge in [-0.05, 0) is 18.2 Å². The predicted octanol–water partition coefficient (Wildman–Crippen LogP) is 1.99. The van der Waals surface area contributed by atoms with Gasteiger partial charge in [-0.3, -0.25) is 10.1 Å². The van der Waals surface area contributed by atoms with E-state index in [9.17, 15) is 14.5 Å². The smallest absolute Gasteiger partial charge is 0.272 e. The first kappa shape index (κ1) is 18.1. The Hall–Kier alpha value is -4.33. The third-order valence-corrected chi connectivity index (χ3v) is 4.47. The van der Waals surface area contributed by atoms with Crippen LogP contribution < -0.4 is 10.6 Å². The number of benzene rings is 1. The number of nitrogens with two attached hydrogens (primary N) is 1. The molecule has 0 atom stereocenters. The molecule has 0 aliphatic carbocycles. The number of nitro benzene ring substituents is 1. The Balaban J connectivity index is 1.69. The minimum absolute atomic E-state index is 0.0353. The number of halogens is 1. The van der Waals surface area contributed by atoms with Crippen LogP contribution in [0.4, 0.5) is 15.9 Å². The first-order chi connectivity index (χ1) is 14.0. The number of anilines is 1. The molecule has 29 heavy (non-hydrogen) atoms. The topological polar surface area (TPSA) is 140 Å². The van der Waals surface area contributed by atoms with E-state index in [4.69, 9.17) is 11.0 Å². The molecule has 144 valence electrons. The Labute approximate surface area is 163 Å². The molecule has 3 heterocycles. The Morgan fingerprint density at radius 3 is 2.90 bits per heavy atom. The second-order valence-corrected chi connectivity index (χ2v) is 6.22. The fourth-order valence-corrected chi connectivity index (χ4v) is 3.03. The van der Waals surface area contributed by atoms with Crippen molar-refractivity contribution < 1.29 is 9.31 Å². The molecule has 0 saturated heterocycles. The van der Waals surface area contributed by atoms with E-state index in [1.165, 1.54) is 23.1 Å². The lowest BCUT2D eigenvalue weighted by molar-refractivity contribution is -0.385. The van der Waals surface area contributed by atoms with E-state index in [1.807, 2.05) is 6.07 Å². The summed E-state index contributed by atoms with van der Waals surface area (Å²) in [7, 11) is 0. The quantitative estimate of drug-likeness (QED) is 0.525. The summed E-state index contributed by atoms with van der Waals surface area (Å²) in [4.78, 5) is 20.3. The van der Waals surface area contributed by atoms with E-state index in [-0.39, 0.29) is 17.8 Å². The summed E-state index contributed by atoms with van der Waals surface area (Å²) in [5, 5.41) is 24.6. The Bertz CT molecular complexity index is 1240. The number of hydrogen-bond acceptors (Lipinski definition) is 8. The molecule has 2 N–H and O–H groups in total. The number of fused-ring (bicyclic) bond motifs is 1. The standard InChI is InChI=1S/C18H13FN8O2/c19-15-6-13(27(28)29)2-1-12(15)9-26-18-14(8-24-26)17(22-10-23-18)25-4-3-11(7-20)5-16(25)21/h1-3,5-6,8,10H,4,9,21H2. The van der Waals surface area contributed by atoms with Gasteiger partial charge in [0.2, 0.25) is 0 Å². The average Bonchev–Trinajstić information content (AvgIpc) is 3.12. The maximum Gasteiger partial charge on any atom is 0.272 e. The summed E-state index contributed by atoms with van der Waals surface area (Å²) < 4.78 is 15.7. The van der Waals surface area contributed by atoms with Crippen LogP contribution >= 0.6 is 0 Å². The molecule has 1 aliphatic heterocycles. The summed E-state index contributed by atoms with van der Waals surface area (Å²) in [6.07, 6.45) is 6.17. The van der Waals surface area contributed by atoms with E-state index in [0.717, 1.165) is 6.07 Å². The summed E-state index contributed by atoms with van der Waals surface area (Å²) in [6.45, 7) is 0.396. The molecule has 0 unspecified atom stereocenters. The first-order valence-electron chi connectivity index (χ1n) is 8.42. The molecular formula is C18H13FN8O2. The van der Waals surface area contributed by atoms with E-state index in [0.29, 0.717) is 34.8 Å². The van der Waals surface area contributed by atoms with E-state index < -0.39 is 10.7 Å². The average molecular weight is 392 g/mol. The zero-order valence-corrected chi connectivity index (χ0v) is 14.9. The number of nitrogens with zero attached hydrogens (tertiary/aromatic N) is 7. The number of allylic oxidation sites excluding steroid dienone is 2. The lowest BCUT2D eigenvalue weighted by atomic mass is 10.2. The highest BCUT2D eigenvalue weighted by atomic mass is 19.1. The number of rotatable bonds is 4. The Kier molecular flexibility index (Phi) is 4.36. The number of hydrogen-bond donors (Lipinski definition) is 1. The van der Waals surface area contributed by atoms with Crippen molar-refractivity contribution in [2.24, 2.45) is 5.73 Å². The zero-order valence-electron chi connectivity index (χ0n) is 14.9. The van der Waals surface area contributed by atoms with Gasteiger partial charge in [-0.25, -0.2) is 19.0 Å². The molecule has 0 spiro atoms. The van der Waals surface area contributed by atoms with Gasteiger partial charge in [0.05, 0.1) is 40.8 Å².